The molecule has 7 aromatic carbocycles. The fraction of sp³-hybridized carbons (Fsp3) is 0.0222. The van der Waals surface area contributed by atoms with Crippen LogP contribution in [0.25, 0.3) is 55.2 Å². The lowest BCUT2D eigenvalue weighted by Gasteiger charge is -2.33. The zero-order chi connectivity index (χ0) is 31.0. The minimum atomic E-state index is -0.400. The molecule has 0 atom stereocenters. The molecule has 0 unspecified atom stereocenters. The van der Waals surface area contributed by atoms with Crippen LogP contribution in [-0.4, -0.2) is 9.13 Å². The average molecular weight is 599 g/mol. The molecule has 2 heteroatoms. The number of fused-ring (bicyclic) bond motifs is 8. The molecule has 0 saturated heterocycles. The van der Waals surface area contributed by atoms with Gasteiger partial charge in [-0.25, -0.2) is 0 Å². The van der Waals surface area contributed by atoms with Crippen molar-refractivity contribution in [2.75, 3.05) is 0 Å². The van der Waals surface area contributed by atoms with E-state index in [0.717, 1.165) is 5.69 Å². The van der Waals surface area contributed by atoms with Crippen molar-refractivity contribution in [1.29, 1.82) is 0 Å². The van der Waals surface area contributed by atoms with Crippen molar-refractivity contribution in [2.24, 2.45) is 0 Å². The van der Waals surface area contributed by atoms with Crippen LogP contribution in [0.2, 0.25) is 0 Å². The summed E-state index contributed by atoms with van der Waals surface area (Å²) in [5, 5.41) is 3.79. The molecular formula is C45H30N2. The Morgan fingerprint density at radius 2 is 1.00 bits per heavy atom. The molecule has 0 bridgehead atoms. The van der Waals surface area contributed by atoms with E-state index in [-0.39, 0.29) is 0 Å². The van der Waals surface area contributed by atoms with E-state index in [1.807, 2.05) is 0 Å². The van der Waals surface area contributed by atoms with E-state index in [1.165, 1.54) is 71.8 Å². The molecule has 0 N–H and O–H groups in total. The molecule has 0 aliphatic heterocycles. The molecule has 47 heavy (non-hydrogen) atoms. The van der Waals surface area contributed by atoms with Gasteiger partial charge in [0, 0.05) is 33.7 Å². The van der Waals surface area contributed by atoms with Crippen LogP contribution in [0.3, 0.4) is 0 Å². The molecule has 2 nitrogen and oxygen atoms in total. The number of benzene rings is 7. The lowest BCUT2D eigenvalue weighted by molar-refractivity contribution is 0.769. The first-order valence-electron chi connectivity index (χ1n) is 16.3. The van der Waals surface area contributed by atoms with Gasteiger partial charge in [-0.05, 0) is 81.9 Å². The third-order valence-corrected chi connectivity index (χ3v) is 10.2. The molecular weight excluding hydrogens is 569 g/mol. The van der Waals surface area contributed by atoms with Crippen LogP contribution < -0.4 is 0 Å². The minimum absolute atomic E-state index is 0.400. The predicted octanol–water partition coefficient (Wildman–Crippen LogP) is 11.1. The first-order valence-corrected chi connectivity index (χ1v) is 16.3. The molecule has 0 amide bonds. The molecule has 9 aromatic rings. The fourth-order valence-corrected chi connectivity index (χ4v) is 8.35. The van der Waals surface area contributed by atoms with Gasteiger partial charge in [-0.1, -0.05) is 127 Å². The Morgan fingerprint density at radius 1 is 0.383 bits per heavy atom. The van der Waals surface area contributed by atoms with Crippen LogP contribution in [0.5, 0.6) is 0 Å². The van der Waals surface area contributed by atoms with Crippen molar-refractivity contribution in [2.45, 2.75) is 5.41 Å². The van der Waals surface area contributed by atoms with E-state index in [1.54, 1.807) is 0 Å². The molecule has 2 heterocycles. The first-order chi connectivity index (χ1) is 23.3. The maximum absolute atomic E-state index is 2.38. The second-order valence-electron chi connectivity index (χ2n) is 12.5. The number of rotatable bonds is 4. The summed E-state index contributed by atoms with van der Waals surface area (Å²) in [5.41, 5.74) is 13.5. The second-order valence-corrected chi connectivity index (χ2v) is 12.5. The Balaban J connectivity index is 1.22. The molecule has 0 spiro atoms. The molecule has 2 aromatic heterocycles. The molecule has 1 aliphatic carbocycles. The molecule has 10 rings (SSSR count). The summed E-state index contributed by atoms with van der Waals surface area (Å²) in [5.74, 6) is 0. The zero-order valence-corrected chi connectivity index (χ0v) is 25.7. The van der Waals surface area contributed by atoms with E-state index >= 15 is 0 Å². The molecule has 0 saturated carbocycles. The van der Waals surface area contributed by atoms with E-state index in [2.05, 4.69) is 191 Å². The first kappa shape index (κ1) is 26.1. The summed E-state index contributed by atoms with van der Waals surface area (Å²) in [6.45, 7) is 0. The van der Waals surface area contributed by atoms with Gasteiger partial charge in [0.05, 0.1) is 22.0 Å². The average Bonchev–Trinajstić information content (AvgIpc) is 3.81. The Morgan fingerprint density at radius 3 is 1.77 bits per heavy atom. The Hall–Kier alpha value is -6.12. The zero-order valence-electron chi connectivity index (χ0n) is 25.7. The lowest BCUT2D eigenvalue weighted by Crippen LogP contribution is -2.28. The smallest absolute Gasteiger partial charge is 0.0713 e. The topological polar surface area (TPSA) is 9.86 Å². The summed E-state index contributed by atoms with van der Waals surface area (Å²) >= 11 is 0. The lowest BCUT2D eigenvalue weighted by atomic mass is 9.67. The van der Waals surface area contributed by atoms with Crippen LogP contribution in [0, 0.1) is 0 Å². The summed E-state index contributed by atoms with van der Waals surface area (Å²) < 4.78 is 4.73. The third-order valence-electron chi connectivity index (χ3n) is 10.2. The van der Waals surface area contributed by atoms with E-state index < -0.39 is 5.41 Å². The highest BCUT2D eigenvalue weighted by Gasteiger charge is 2.46. The van der Waals surface area contributed by atoms with Gasteiger partial charge < -0.3 is 9.13 Å². The van der Waals surface area contributed by atoms with Crippen LogP contribution >= 0.6 is 0 Å². The van der Waals surface area contributed by atoms with Crippen molar-refractivity contribution in [3.8, 4) is 22.5 Å². The van der Waals surface area contributed by atoms with Gasteiger partial charge >= 0.3 is 0 Å². The monoisotopic (exact) mass is 598 g/mol. The summed E-state index contributed by atoms with van der Waals surface area (Å²) in [6, 6.07) is 64.4. The van der Waals surface area contributed by atoms with Gasteiger partial charge in [-0.3, -0.25) is 0 Å². The fourth-order valence-electron chi connectivity index (χ4n) is 8.35. The van der Waals surface area contributed by atoms with Crippen molar-refractivity contribution in [3.63, 3.8) is 0 Å². The maximum atomic E-state index is 2.38. The van der Waals surface area contributed by atoms with Gasteiger partial charge in [0.25, 0.3) is 0 Å². The summed E-state index contributed by atoms with van der Waals surface area (Å²) in [4.78, 5) is 0. The normalized spacial score (nSPS) is 13.3. The number of aromatic nitrogens is 2. The predicted molar refractivity (Wildman–Crippen MR) is 195 cm³/mol. The number of hydrogen-bond acceptors (Lipinski definition) is 0. The standard InChI is InChI=1S/C45H30N2/c1-4-14-31(15-5-1)45(32-16-6-2-7-17-32)39-22-12-10-21-36(39)44-37-28-29-46(41(37)27-25-40(44)45)34-24-26-43-38(30-34)35-20-11-13-23-42(35)47(43)33-18-8-3-9-19-33/h1-30H. The van der Waals surface area contributed by atoms with Crippen molar-refractivity contribution >= 4 is 32.7 Å². The largest absolute Gasteiger partial charge is 0.317 e. The number of para-hydroxylation sites is 2. The highest BCUT2D eigenvalue weighted by Crippen LogP contribution is 2.57. The van der Waals surface area contributed by atoms with Crippen LogP contribution in [0.15, 0.2) is 182 Å². The third kappa shape index (κ3) is 3.55. The number of hydrogen-bond donors (Lipinski definition) is 0. The molecule has 220 valence electrons. The molecule has 0 fully saturated rings. The number of nitrogens with zero attached hydrogens (tertiary/aromatic N) is 2. The van der Waals surface area contributed by atoms with Gasteiger partial charge in [-0.15, -0.1) is 0 Å². The van der Waals surface area contributed by atoms with Gasteiger partial charge in [0.15, 0.2) is 0 Å². The maximum Gasteiger partial charge on any atom is 0.0713 e. The second kappa shape index (κ2) is 9.94. The SMILES string of the molecule is c1ccc(-n2c3ccccc3c3cc(-n4ccc5c6c(ccc54)C(c4ccccc4)(c4ccccc4)c4ccccc4-6)ccc32)cc1. The van der Waals surface area contributed by atoms with Gasteiger partial charge in [0.1, 0.15) is 0 Å². The van der Waals surface area contributed by atoms with E-state index in [4.69, 9.17) is 0 Å². The quantitative estimate of drug-likeness (QED) is 0.191. The van der Waals surface area contributed by atoms with Crippen LogP contribution in [-0.2, 0) is 5.41 Å². The van der Waals surface area contributed by atoms with E-state index in [9.17, 15) is 0 Å². The molecule has 1 aliphatic rings. The Labute approximate surface area is 273 Å². The minimum Gasteiger partial charge on any atom is -0.317 e. The van der Waals surface area contributed by atoms with Crippen molar-refractivity contribution in [1.82, 2.24) is 9.13 Å². The highest BCUT2D eigenvalue weighted by atomic mass is 15.0. The van der Waals surface area contributed by atoms with Crippen LogP contribution in [0.4, 0.5) is 0 Å². The van der Waals surface area contributed by atoms with Gasteiger partial charge in [0.2, 0.25) is 0 Å². The summed E-state index contributed by atoms with van der Waals surface area (Å²) in [7, 11) is 0. The van der Waals surface area contributed by atoms with E-state index in [0.29, 0.717) is 0 Å². The van der Waals surface area contributed by atoms with Gasteiger partial charge in [-0.2, -0.15) is 0 Å². The highest BCUT2D eigenvalue weighted by molar-refractivity contribution is 6.10. The Kier molecular flexibility index (Phi) is 5.53. The van der Waals surface area contributed by atoms with Crippen LogP contribution in [0.1, 0.15) is 22.3 Å². The molecule has 0 radical (unpaired) electrons. The Bertz CT molecular complexity index is 2570. The van der Waals surface area contributed by atoms with Crippen molar-refractivity contribution < 1.29 is 0 Å². The summed E-state index contributed by atoms with van der Waals surface area (Å²) in [6.07, 6.45) is 2.25. The van der Waals surface area contributed by atoms with Crippen molar-refractivity contribution in [3.05, 3.63) is 204 Å².